The molecule has 3 aromatic rings. The first kappa shape index (κ1) is 22.8. The Hall–Kier alpha value is -3.84. The van der Waals surface area contributed by atoms with Crippen LogP contribution < -0.4 is 20.1 Å². The summed E-state index contributed by atoms with van der Waals surface area (Å²) in [5.74, 6) is -0.185. The van der Waals surface area contributed by atoms with Crippen molar-refractivity contribution in [3.63, 3.8) is 0 Å². The topological polar surface area (TPSA) is 93.7 Å². The average molecular weight is 453 g/mol. The Bertz CT molecular complexity index is 1100. The number of hydrogen-bond donors (Lipinski definition) is 2. The summed E-state index contributed by atoms with van der Waals surface area (Å²) in [6.45, 7) is 1.46. The molecule has 3 rings (SSSR count). The van der Waals surface area contributed by atoms with E-state index in [4.69, 9.17) is 21.1 Å². The second-order valence-corrected chi connectivity index (χ2v) is 7.23. The summed E-state index contributed by atoms with van der Waals surface area (Å²) in [5, 5.41) is 6.14. The van der Waals surface area contributed by atoms with Crippen LogP contribution in [0.4, 0.5) is 5.69 Å². The van der Waals surface area contributed by atoms with Crippen LogP contribution in [-0.4, -0.2) is 24.4 Å². The first-order valence-electron chi connectivity index (χ1n) is 9.73. The molecule has 0 fully saturated rings. The van der Waals surface area contributed by atoms with E-state index in [0.717, 1.165) is 5.56 Å². The molecule has 0 saturated carbocycles. The number of esters is 1. The highest BCUT2D eigenvalue weighted by Crippen LogP contribution is 2.16. The second-order valence-electron chi connectivity index (χ2n) is 6.79. The van der Waals surface area contributed by atoms with Crippen LogP contribution in [0.3, 0.4) is 0 Å². The van der Waals surface area contributed by atoms with Crippen LogP contribution in [0.2, 0.25) is 5.02 Å². The van der Waals surface area contributed by atoms with Gasteiger partial charge in [-0.25, -0.2) is 0 Å². The molecular weight excluding hydrogens is 432 g/mol. The first-order valence-corrected chi connectivity index (χ1v) is 10.1. The third-order valence-corrected chi connectivity index (χ3v) is 4.48. The maximum Gasteiger partial charge on any atom is 0.308 e. The quantitative estimate of drug-likeness (QED) is 0.394. The summed E-state index contributed by atoms with van der Waals surface area (Å²) in [7, 11) is 0. The van der Waals surface area contributed by atoms with Gasteiger partial charge in [0.1, 0.15) is 11.5 Å². The van der Waals surface area contributed by atoms with Gasteiger partial charge in [-0.1, -0.05) is 29.8 Å². The molecule has 3 aromatic carbocycles. The molecule has 0 bridgehead atoms. The van der Waals surface area contributed by atoms with Gasteiger partial charge in [0.15, 0.2) is 6.61 Å². The fourth-order valence-electron chi connectivity index (χ4n) is 2.73. The summed E-state index contributed by atoms with van der Waals surface area (Å²) in [5.41, 5.74) is 1.84. The summed E-state index contributed by atoms with van der Waals surface area (Å²) in [6.07, 6.45) is 0. The van der Waals surface area contributed by atoms with Crippen molar-refractivity contribution >= 4 is 35.1 Å². The molecule has 2 amide bonds. The molecule has 0 heterocycles. The molecule has 0 unspecified atom stereocenters. The van der Waals surface area contributed by atoms with Crippen LogP contribution in [0.15, 0.2) is 72.8 Å². The van der Waals surface area contributed by atoms with Crippen LogP contribution in [0, 0.1) is 0 Å². The van der Waals surface area contributed by atoms with Gasteiger partial charge >= 0.3 is 5.97 Å². The van der Waals surface area contributed by atoms with Gasteiger partial charge in [0.2, 0.25) is 0 Å². The lowest BCUT2D eigenvalue weighted by atomic mass is 10.1. The van der Waals surface area contributed by atoms with Crippen molar-refractivity contribution in [1.29, 1.82) is 0 Å². The van der Waals surface area contributed by atoms with E-state index in [2.05, 4.69) is 10.6 Å². The van der Waals surface area contributed by atoms with Crippen molar-refractivity contribution in [3.8, 4) is 11.5 Å². The van der Waals surface area contributed by atoms with Crippen LogP contribution in [-0.2, 0) is 16.1 Å². The second kappa shape index (κ2) is 11.0. The molecule has 0 atom stereocenters. The summed E-state index contributed by atoms with van der Waals surface area (Å²) in [4.78, 5) is 35.5. The lowest BCUT2D eigenvalue weighted by Crippen LogP contribution is -2.23. The smallest absolute Gasteiger partial charge is 0.308 e. The molecule has 2 N–H and O–H groups in total. The number of amides is 2. The molecule has 0 spiro atoms. The van der Waals surface area contributed by atoms with E-state index in [1.165, 1.54) is 13.0 Å². The Morgan fingerprint density at radius 3 is 2.31 bits per heavy atom. The zero-order valence-electron chi connectivity index (χ0n) is 17.3. The van der Waals surface area contributed by atoms with E-state index in [-0.39, 0.29) is 18.4 Å². The Balaban J connectivity index is 1.47. The van der Waals surface area contributed by atoms with E-state index < -0.39 is 5.97 Å². The number of carbonyl (C=O) groups excluding carboxylic acids is 3. The van der Waals surface area contributed by atoms with Gasteiger partial charge in [-0.15, -0.1) is 0 Å². The number of rotatable bonds is 8. The average Bonchev–Trinajstić information content (AvgIpc) is 2.78. The van der Waals surface area contributed by atoms with Crippen LogP contribution in [0.25, 0.3) is 0 Å². The molecule has 164 valence electrons. The number of benzene rings is 3. The van der Waals surface area contributed by atoms with Crippen LogP contribution in [0.1, 0.15) is 22.8 Å². The van der Waals surface area contributed by atoms with E-state index in [1.54, 1.807) is 66.7 Å². The number of carbonyl (C=O) groups is 3. The SMILES string of the molecule is CC(=O)Oc1cccc(C(=O)NCc2ccc(NC(=O)COc3ccc(Cl)cc3)cc2)c1. The van der Waals surface area contributed by atoms with Gasteiger partial charge in [0, 0.05) is 29.7 Å². The maximum atomic E-state index is 12.3. The zero-order valence-corrected chi connectivity index (χ0v) is 18.0. The molecule has 0 aliphatic heterocycles. The Morgan fingerprint density at radius 1 is 0.906 bits per heavy atom. The monoisotopic (exact) mass is 452 g/mol. The number of hydrogen-bond acceptors (Lipinski definition) is 5. The number of nitrogens with one attached hydrogen (secondary N) is 2. The molecule has 7 nitrogen and oxygen atoms in total. The summed E-state index contributed by atoms with van der Waals surface area (Å²) >= 11 is 5.81. The summed E-state index contributed by atoms with van der Waals surface area (Å²) in [6, 6.07) is 20.2. The van der Waals surface area contributed by atoms with Gasteiger partial charge in [-0.3, -0.25) is 14.4 Å². The predicted octanol–water partition coefficient (Wildman–Crippen LogP) is 4.21. The lowest BCUT2D eigenvalue weighted by Gasteiger charge is -2.09. The van der Waals surface area contributed by atoms with Gasteiger partial charge in [-0.05, 0) is 60.2 Å². The van der Waals surface area contributed by atoms with Crippen LogP contribution in [0.5, 0.6) is 11.5 Å². The fraction of sp³-hybridized carbons (Fsp3) is 0.125. The molecule has 0 aliphatic rings. The van der Waals surface area contributed by atoms with E-state index in [1.807, 2.05) is 0 Å². The predicted molar refractivity (Wildman–Crippen MR) is 121 cm³/mol. The first-order chi connectivity index (χ1) is 15.4. The van der Waals surface area contributed by atoms with Crippen molar-refractivity contribution in [1.82, 2.24) is 5.32 Å². The highest BCUT2D eigenvalue weighted by molar-refractivity contribution is 6.30. The van der Waals surface area contributed by atoms with Crippen molar-refractivity contribution in [3.05, 3.63) is 88.9 Å². The van der Waals surface area contributed by atoms with Gasteiger partial charge in [0.25, 0.3) is 11.8 Å². The van der Waals surface area contributed by atoms with E-state index in [0.29, 0.717) is 34.3 Å². The minimum atomic E-state index is -0.453. The Morgan fingerprint density at radius 2 is 1.62 bits per heavy atom. The lowest BCUT2D eigenvalue weighted by molar-refractivity contribution is -0.131. The number of anilines is 1. The van der Waals surface area contributed by atoms with Gasteiger partial charge < -0.3 is 20.1 Å². The molecule has 0 saturated heterocycles. The normalized spacial score (nSPS) is 10.2. The van der Waals surface area contributed by atoms with Crippen molar-refractivity contribution in [2.75, 3.05) is 11.9 Å². The molecule has 8 heteroatoms. The highest BCUT2D eigenvalue weighted by atomic mass is 35.5. The molecule has 0 aromatic heterocycles. The number of halogens is 1. The minimum Gasteiger partial charge on any atom is -0.484 e. The zero-order chi connectivity index (χ0) is 22.9. The van der Waals surface area contributed by atoms with E-state index in [9.17, 15) is 14.4 Å². The molecule has 0 radical (unpaired) electrons. The Kier molecular flexibility index (Phi) is 7.83. The van der Waals surface area contributed by atoms with Crippen molar-refractivity contribution in [2.24, 2.45) is 0 Å². The van der Waals surface area contributed by atoms with Crippen LogP contribution >= 0.6 is 11.6 Å². The minimum absolute atomic E-state index is 0.133. The largest absolute Gasteiger partial charge is 0.484 e. The van der Waals surface area contributed by atoms with Gasteiger partial charge in [0.05, 0.1) is 0 Å². The van der Waals surface area contributed by atoms with Gasteiger partial charge in [-0.2, -0.15) is 0 Å². The molecule has 0 aliphatic carbocycles. The van der Waals surface area contributed by atoms with E-state index >= 15 is 0 Å². The third kappa shape index (κ3) is 7.14. The van der Waals surface area contributed by atoms with Crippen molar-refractivity contribution in [2.45, 2.75) is 13.5 Å². The number of ether oxygens (including phenoxy) is 2. The fourth-order valence-corrected chi connectivity index (χ4v) is 2.86. The highest BCUT2D eigenvalue weighted by Gasteiger charge is 2.08. The molecule has 32 heavy (non-hydrogen) atoms. The maximum absolute atomic E-state index is 12.3. The third-order valence-electron chi connectivity index (χ3n) is 4.23. The Labute approximate surface area is 190 Å². The standard InChI is InChI=1S/C24H21ClN2O5/c1-16(28)32-22-4-2-3-18(13-22)24(30)26-14-17-5-9-20(10-6-17)27-23(29)15-31-21-11-7-19(25)8-12-21/h2-13H,14-15H2,1H3,(H,26,30)(H,27,29). The molecular formula is C24H21ClN2O5. The summed E-state index contributed by atoms with van der Waals surface area (Å²) < 4.78 is 10.4. The van der Waals surface area contributed by atoms with Crippen molar-refractivity contribution < 1.29 is 23.9 Å².